The van der Waals surface area contributed by atoms with Gasteiger partial charge in [-0.1, -0.05) is 36.4 Å². The number of benzene rings is 3. The van der Waals surface area contributed by atoms with Gasteiger partial charge < -0.3 is 10.1 Å². The van der Waals surface area contributed by atoms with Crippen molar-refractivity contribution in [1.29, 1.82) is 4.78 Å². The molecule has 0 aliphatic rings. The number of ether oxygens (including phenoxy) is 1. The van der Waals surface area contributed by atoms with Crippen molar-refractivity contribution < 1.29 is 31.3 Å². The van der Waals surface area contributed by atoms with Crippen molar-refractivity contribution in [3.8, 4) is 22.8 Å². The summed E-state index contributed by atoms with van der Waals surface area (Å²) >= 11 is 0. The molecule has 0 aliphatic carbocycles. The summed E-state index contributed by atoms with van der Waals surface area (Å²) in [5.41, 5.74) is -2.14. The van der Waals surface area contributed by atoms with Gasteiger partial charge in [0.15, 0.2) is 5.69 Å². The molecule has 1 amide bonds. The molecule has 0 aliphatic heterocycles. The molecule has 0 fully saturated rings. The number of carbonyl (C=O) groups excluding carboxylic acids is 1. The molecule has 38 heavy (non-hydrogen) atoms. The average molecular weight is 545 g/mol. The number of anilines is 1. The lowest BCUT2D eigenvalue weighted by atomic mass is 9.98. The Morgan fingerprint density at radius 1 is 1.00 bits per heavy atom. The molecule has 3 aromatic carbocycles. The molecule has 1 heterocycles. The van der Waals surface area contributed by atoms with Gasteiger partial charge in [0.2, 0.25) is 0 Å². The minimum absolute atomic E-state index is 0.0250. The number of alkyl halides is 3. The van der Waals surface area contributed by atoms with E-state index in [1.54, 1.807) is 6.07 Å². The highest BCUT2D eigenvalue weighted by Crippen LogP contribution is 2.41. The molecule has 0 unspecified atom stereocenters. The van der Waals surface area contributed by atoms with Crippen molar-refractivity contribution in [2.75, 3.05) is 11.6 Å². The topological polar surface area (TPSA) is 105 Å². The molecule has 4 rings (SSSR count). The zero-order chi connectivity index (χ0) is 27.7. The fourth-order valence-corrected chi connectivity index (χ4v) is 4.32. The second-order valence-corrected chi connectivity index (χ2v) is 10.5. The van der Waals surface area contributed by atoms with Crippen LogP contribution in [0.25, 0.3) is 11.1 Å². The molecule has 0 spiro atoms. The molecule has 0 radical (unpaired) electrons. The van der Waals surface area contributed by atoms with Crippen molar-refractivity contribution >= 4 is 21.3 Å². The first-order valence-corrected chi connectivity index (χ1v) is 12.9. The Balaban J connectivity index is 1.93. The molecule has 7 nitrogen and oxygen atoms in total. The van der Waals surface area contributed by atoms with Crippen molar-refractivity contribution in [3.63, 3.8) is 0 Å². The van der Waals surface area contributed by atoms with Gasteiger partial charge in [-0.2, -0.15) is 13.2 Å². The van der Waals surface area contributed by atoms with E-state index >= 15 is 0 Å². The lowest BCUT2D eigenvalue weighted by Gasteiger charge is -2.19. The Hall–Kier alpha value is -4.32. The standard InChI is InChI=1S/C26H20F4N4O3S/c1-15-13-17(27)11-12-20(15)37-25-22(24(35)32-18-9-6-10-19(14-18)38(2,31)36)21(16-7-4-3-5-8-16)23(33-34-25)26(28,29)30/h3-14,31H,1-2H3,(H,32,35)/t38-/m0/s1. The van der Waals surface area contributed by atoms with Gasteiger partial charge in [0.25, 0.3) is 11.8 Å². The summed E-state index contributed by atoms with van der Waals surface area (Å²) in [6, 6.07) is 16.4. The third-order valence-electron chi connectivity index (χ3n) is 5.38. The van der Waals surface area contributed by atoms with E-state index in [-0.39, 0.29) is 21.9 Å². The molecule has 2 N–H and O–H groups in total. The maximum Gasteiger partial charge on any atom is 0.435 e. The molecule has 4 aromatic rings. The first-order chi connectivity index (χ1) is 17.8. The number of carbonyl (C=O) groups is 1. The van der Waals surface area contributed by atoms with Gasteiger partial charge in [0, 0.05) is 22.4 Å². The van der Waals surface area contributed by atoms with E-state index in [0.29, 0.717) is 5.56 Å². The van der Waals surface area contributed by atoms with Gasteiger partial charge in [0.1, 0.15) is 17.1 Å². The summed E-state index contributed by atoms with van der Waals surface area (Å²) in [7, 11) is -3.14. The number of hydrogen-bond donors (Lipinski definition) is 2. The Labute approximate surface area is 215 Å². The second-order valence-electron chi connectivity index (χ2n) is 8.31. The largest absolute Gasteiger partial charge is 0.437 e. The Bertz CT molecular complexity index is 1630. The predicted octanol–water partition coefficient (Wildman–Crippen LogP) is 6.69. The van der Waals surface area contributed by atoms with Crippen molar-refractivity contribution in [3.05, 3.63) is 95.4 Å². The molecule has 0 bridgehead atoms. The summed E-state index contributed by atoms with van der Waals surface area (Å²) < 4.78 is 81.5. The van der Waals surface area contributed by atoms with E-state index in [0.717, 1.165) is 12.1 Å². The van der Waals surface area contributed by atoms with Crippen LogP contribution in [0.1, 0.15) is 21.6 Å². The van der Waals surface area contributed by atoms with Crippen LogP contribution >= 0.6 is 0 Å². The van der Waals surface area contributed by atoms with Crippen LogP contribution in [0.15, 0.2) is 77.7 Å². The molecule has 196 valence electrons. The maximum absolute atomic E-state index is 14.1. The number of aromatic nitrogens is 2. The number of aryl methyl sites for hydroxylation is 1. The third kappa shape index (κ3) is 5.80. The molecule has 0 saturated heterocycles. The minimum Gasteiger partial charge on any atom is -0.437 e. The number of nitrogens with zero attached hydrogens (tertiary/aromatic N) is 2. The number of rotatable bonds is 6. The zero-order valence-electron chi connectivity index (χ0n) is 20.0. The molecule has 1 aromatic heterocycles. The molecule has 1 atom stereocenters. The number of halogens is 4. The summed E-state index contributed by atoms with van der Waals surface area (Å²) in [5.74, 6) is -2.07. The second kappa shape index (κ2) is 10.2. The van der Waals surface area contributed by atoms with E-state index in [2.05, 4.69) is 15.5 Å². The van der Waals surface area contributed by atoms with Gasteiger partial charge >= 0.3 is 6.18 Å². The SMILES string of the molecule is Cc1cc(F)ccc1Oc1nnc(C(F)(F)F)c(-c2ccccc2)c1C(=O)Nc1cccc([S@@](C)(=N)=O)c1. The minimum atomic E-state index is -4.98. The number of nitrogens with one attached hydrogen (secondary N) is 2. The van der Waals surface area contributed by atoms with Gasteiger partial charge in [0.05, 0.1) is 9.73 Å². The van der Waals surface area contributed by atoms with Crippen LogP contribution in [0, 0.1) is 17.5 Å². The lowest BCUT2D eigenvalue weighted by molar-refractivity contribution is -0.141. The van der Waals surface area contributed by atoms with Gasteiger partial charge in [-0.25, -0.2) is 13.4 Å². The summed E-state index contributed by atoms with van der Waals surface area (Å²) in [6.45, 7) is 1.52. The van der Waals surface area contributed by atoms with E-state index in [9.17, 15) is 26.6 Å². The van der Waals surface area contributed by atoms with E-state index in [4.69, 9.17) is 9.52 Å². The van der Waals surface area contributed by atoms with Gasteiger partial charge in [-0.05, 0) is 54.4 Å². The van der Waals surface area contributed by atoms with Crippen LogP contribution < -0.4 is 10.1 Å². The van der Waals surface area contributed by atoms with Crippen LogP contribution in [-0.2, 0) is 15.9 Å². The highest BCUT2D eigenvalue weighted by Gasteiger charge is 2.40. The quantitative estimate of drug-likeness (QED) is 0.263. The highest BCUT2D eigenvalue weighted by atomic mass is 32.2. The van der Waals surface area contributed by atoms with Gasteiger partial charge in [-0.3, -0.25) is 4.79 Å². The van der Waals surface area contributed by atoms with E-state index in [1.807, 2.05) is 0 Å². The molecular formula is C26H20F4N4O3S. The summed E-state index contributed by atoms with van der Waals surface area (Å²) in [5, 5.41) is 9.42. The monoisotopic (exact) mass is 544 g/mol. The van der Waals surface area contributed by atoms with Crippen LogP contribution in [0.2, 0.25) is 0 Å². The highest BCUT2D eigenvalue weighted by molar-refractivity contribution is 7.91. The summed E-state index contributed by atoms with van der Waals surface area (Å²) in [6.07, 6.45) is -3.78. The van der Waals surface area contributed by atoms with E-state index in [1.165, 1.54) is 67.8 Å². The van der Waals surface area contributed by atoms with Crippen LogP contribution in [0.4, 0.5) is 23.2 Å². The first-order valence-electron chi connectivity index (χ1n) is 11.0. The fourth-order valence-electron chi connectivity index (χ4n) is 3.63. The predicted molar refractivity (Wildman–Crippen MR) is 133 cm³/mol. The zero-order valence-corrected chi connectivity index (χ0v) is 20.8. The molecular weight excluding hydrogens is 524 g/mol. The first kappa shape index (κ1) is 26.7. The summed E-state index contributed by atoms with van der Waals surface area (Å²) in [4.78, 5) is 13.7. The fraction of sp³-hybridized carbons (Fsp3) is 0.115. The normalized spacial score (nSPS) is 13.0. The van der Waals surface area contributed by atoms with Crippen LogP contribution in [-0.4, -0.2) is 26.6 Å². The van der Waals surface area contributed by atoms with Crippen molar-refractivity contribution in [1.82, 2.24) is 10.2 Å². The van der Waals surface area contributed by atoms with Crippen molar-refractivity contribution in [2.45, 2.75) is 18.0 Å². The lowest BCUT2D eigenvalue weighted by Crippen LogP contribution is -2.20. The Morgan fingerprint density at radius 2 is 1.71 bits per heavy atom. The third-order valence-corrected chi connectivity index (χ3v) is 6.54. The molecule has 0 saturated carbocycles. The average Bonchev–Trinajstić information content (AvgIpc) is 2.85. The van der Waals surface area contributed by atoms with Crippen molar-refractivity contribution in [2.24, 2.45) is 0 Å². The molecule has 12 heteroatoms. The van der Waals surface area contributed by atoms with E-state index < -0.39 is 50.3 Å². The number of amides is 1. The maximum atomic E-state index is 14.1. The Morgan fingerprint density at radius 3 is 2.34 bits per heavy atom. The smallest absolute Gasteiger partial charge is 0.435 e. The van der Waals surface area contributed by atoms with Crippen LogP contribution in [0.5, 0.6) is 11.6 Å². The van der Waals surface area contributed by atoms with Gasteiger partial charge in [-0.15, -0.1) is 10.2 Å². The number of hydrogen-bond acceptors (Lipinski definition) is 6. The Kier molecular flexibility index (Phi) is 7.18. The van der Waals surface area contributed by atoms with Crippen LogP contribution in [0.3, 0.4) is 0 Å².